The quantitative estimate of drug-likeness (QED) is 0.621. The van der Waals surface area contributed by atoms with Crippen LogP contribution in [-0.2, 0) is 0 Å². The number of aliphatic hydroxyl groups excluding tert-OH is 1. The number of nitrogen functional groups attached to an aromatic ring is 1. The van der Waals surface area contributed by atoms with E-state index in [0.29, 0.717) is 35.0 Å². The second-order valence-corrected chi connectivity index (χ2v) is 6.38. The molecule has 5 nitrogen and oxygen atoms in total. The third-order valence-electron chi connectivity index (χ3n) is 3.97. The van der Waals surface area contributed by atoms with Crippen LogP contribution in [0.2, 0.25) is 5.02 Å². The zero-order chi connectivity index (χ0) is 18.4. The number of carbonyl (C=O) groups is 1. The van der Waals surface area contributed by atoms with Crippen molar-refractivity contribution in [3.05, 3.63) is 58.6 Å². The summed E-state index contributed by atoms with van der Waals surface area (Å²) in [5, 5.41) is 12.9. The predicted molar refractivity (Wildman–Crippen MR) is 107 cm³/mol. The minimum Gasteiger partial charge on any atom is -0.496 e. The molecule has 7 heteroatoms. The molecule has 0 aliphatic carbocycles. The van der Waals surface area contributed by atoms with Gasteiger partial charge in [0.1, 0.15) is 5.75 Å². The van der Waals surface area contributed by atoms with Crippen LogP contribution in [0.3, 0.4) is 0 Å². The molecule has 0 fully saturated rings. The number of amides is 1. The maximum Gasteiger partial charge on any atom is 0.255 e. The minimum atomic E-state index is -0.470. The Kier molecular flexibility index (Phi) is 8.72. The summed E-state index contributed by atoms with van der Waals surface area (Å²) in [4.78, 5) is 12.6. The average Bonchev–Trinajstić information content (AvgIpc) is 2.60. The number of nitrogens with two attached hydrogens (primary N) is 1. The molecule has 0 bridgehead atoms. The topological polar surface area (TPSA) is 84.6 Å². The van der Waals surface area contributed by atoms with E-state index in [1.165, 1.54) is 19.2 Å². The van der Waals surface area contributed by atoms with Gasteiger partial charge in [-0.15, -0.1) is 12.4 Å². The van der Waals surface area contributed by atoms with Crippen LogP contribution in [-0.4, -0.2) is 30.8 Å². The Labute approximate surface area is 164 Å². The Morgan fingerprint density at radius 2 is 1.96 bits per heavy atom. The fraction of sp³-hybridized carbons (Fsp3) is 0.316. The molecule has 0 aromatic heterocycles. The van der Waals surface area contributed by atoms with E-state index < -0.39 is 6.10 Å². The van der Waals surface area contributed by atoms with E-state index in [1.54, 1.807) is 6.92 Å². The molecular formula is C19H24Cl2N2O3. The molecule has 26 heavy (non-hydrogen) atoms. The van der Waals surface area contributed by atoms with Crippen LogP contribution in [0.1, 0.15) is 35.2 Å². The molecule has 0 saturated heterocycles. The second-order valence-electron chi connectivity index (χ2n) is 5.98. The number of hydrogen-bond donors (Lipinski definition) is 3. The molecule has 0 spiro atoms. The smallest absolute Gasteiger partial charge is 0.255 e. The van der Waals surface area contributed by atoms with Crippen molar-refractivity contribution in [2.45, 2.75) is 25.4 Å². The van der Waals surface area contributed by atoms with Crippen LogP contribution in [0.5, 0.6) is 5.75 Å². The zero-order valence-corrected chi connectivity index (χ0v) is 16.3. The van der Waals surface area contributed by atoms with Crippen molar-refractivity contribution in [1.29, 1.82) is 0 Å². The minimum absolute atomic E-state index is 0. The lowest BCUT2D eigenvalue weighted by Crippen LogP contribution is -2.30. The van der Waals surface area contributed by atoms with Crippen molar-refractivity contribution in [3.63, 3.8) is 0 Å². The van der Waals surface area contributed by atoms with Gasteiger partial charge in [0, 0.05) is 18.5 Å². The monoisotopic (exact) mass is 398 g/mol. The normalized spacial score (nSPS) is 12.6. The Morgan fingerprint density at radius 1 is 1.31 bits per heavy atom. The highest BCUT2D eigenvalue weighted by Crippen LogP contribution is 2.29. The van der Waals surface area contributed by atoms with Crippen LogP contribution >= 0.6 is 24.0 Å². The number of anilines is 1. The fourth-order valence-corrected chi connectivity index (χ4v) is 2.86. The van der Waals surface area contributed by atoms with Gasteiger partial charge in [0.2, 0.25) is 0 Å². The third-order valence-corrected chi connectivity index (χ3v) is 4.30. The number of aliphatic hydroxyl groups is 1. The van der Waals surface area contributed by atoms with Crippen LogP contribution < -0.4 is 15.8 Å². The van der Waals surface area contributed by atoms with Crippen molar-refractivity contribution >= 4 is 35.6 Å². The van der Waals surface area contributed by atoms with Crippen molar-refractivity contribution in [2.24, 2.45) is 0 Å². The van der Waals surface area contributed by atoms with Gasteiger partial charge in [0.05, 0.1) is 29.5 Å². The number of rotatable bonds is 7. The summed E-state index contributed by atoms with van der Waals surface area (Å²) in [6, 6.07) is 12.8. The van der Waals surface area contributed by atoms with Gasteiger partial charge in [-0.1, -0.05) is 41.9 Å². The first-order chi connectivity index (χ1) is 11.9. The molecule has 0 saturated carbocycles. The maximum absolute atomic E-state index is 12.6. The molecule has 1 amide bonds. The lowest BCUT2D eigenvalue weighted by Gasteiger charge is -2.20. The molecule has 2 rings (SSSR count). The molecule has 2 atom stereocenters. The van der Waals surface area contributed by atoms with Crippen LogP contribution in [0.4, 0.5) is 5.69 Å². The highest BCUT2D eigenvalue weighted by Gasteiger charge is 2.19. The Balaban J connectivity index is 0.00000338. The number of benzene rings is 2. The summed E-state index contributed by atoms with van der Waals surface area (Å²) < 4.78 is 5.22. The van der Waals surface area contributed by atoms with Crippen molar-refractivity contribution in [3.8, 4) is 5.75 Å². The predicted octanol–water partition coefficient (Wildman–Crippen LogP) is 3.64. The molecule has 0 radical (unpaired) electrons. The van der Waals surface area contributed by atoms with Crippen LogP contribution in [0.15, 0.2) is 42.5 Å². The molecule has 0 aliphatic rings. The molecular weight excluding hydrogens is 375 g/mol. The number of methoxy groups -OCH3 is 1. The highest BCUT2D eigenvalue weighted by molar-refractivity contribution is 6.33. The van der Waals surface area contributed by atoms with Gasteiger partial charge in [0.25, 0.3) is 5.91 Å². The summed E-state index contributed by atoms with van der Waals surface area (Å²) in [5.41, 5.74) is 7.49. The van der Waals surface area contributed by atoms with Gasteiger partial charge in [0.15, 0.2) is 0 Å². The van der Waals surface area contributed by atoms with E-state index in [0.717, 1.165) is 5.56 Å². The van der Waals surface area contributed by atoms with Gasteiger partial charge in [-0.05, 0) is 25.0 Å². The Morgan fingerprint density at radius 3 is 2.54 bits per heavy atom. The number of carbonyl (C=O) groups excluding carboxylic acids is 1. The molecule has 2 aromatic rings. The van der Waals surface area contributed by atoms with Gasteiger partial charge in [-0.3, -0.25) is 4.79 Å². The Hall–Kier alpha value is -1.95. The van der Waals surface area contributed by atoms with E-state index in [-0.39, 0.29) is 24.2 Å². The van der Waals surface area contributed by atoms with Crippen LogP contribution in [0, 0.1) is 0 Å². The summed E-state index contributed by atoms with van der Waals surface area (Å²) in [6.45, 7) is 2.12. The standard InChI is InChI=1S/C19H23ClN2O3.ClH/c1-12(23)8-14(13-6-4-3-5-7-13)11-22-19(24)15-9-16(20)17(21)10-18(15)25-2;/h3-7,9-10,12,14,23H,8,11,21H2,1-2H3,(H,22,24);1H. The maximum atomic E-state index is 12.6. The van der Waals surface area contributed by atoms with Gasteiger partial charge in [-0.2, -0.15) is 0 Å². The first-order valence-electron chi connectivity index (χ1n) is 8.06. The first kappa shape index (κ1) is 22.1. The third kappa shape index (κ3) is 5.80. The molecule has 0 aliphatic heterocycles. The van der Waals surface area contributed by atoms with Crippen LogP contribution in [0.25, 0.3) is 0 Å². The van der Waals surface area contributed by atoms with E-state index >= 15 is 0 Å². The highest BCUT2D eigenvalue weighted by atomic mass is 35.5. The van der Waals surface area contributed by atoms with Crippen molar-refractivity contribution in [2.75, 3.05) is 19.4 Å². The number of nitrogens with one attached hydrogen (secondary N) is 1. The summed E-state index contributed by atoms with van der Waals surface area (Å²) >= 11 is 6.02. The second kappa shape index (κ2) is 10.3. The lowest BCUT2D eigenvalue weighted by molar-refractivity contribution is 0.0942. The molecule has 142 valence electrons. The van der Waals surface area contributed by atoms with E-state index in [9.17, 15) is 9.90 Å². The number of ether oxygens (including phenoxy) is 1. The average molecular weight is 399 g/mol. The molecule has 0 heterocycles. The SMILES string of the molecule is COc1cc(N)c(Cl)cc1C(=O)NCC(CC(C)O)c1ccccc1.Cl. The van der Waals surface area contributed by atoms with E-state index in [4.69, 9.17) is 22.1 Å². The van der Waals surface area contributed by atoms with Crippen molar-refractivity contribution < 1.29 is 14.6 Å². The summed E-state index contributed by atoms with van der Waals surface area (Å²) in [7, 11) is 1.47. The van der Waals surface area contributed by atoms with Crippen molar-refractivity contribution in [1.82, 2.24) is 5.32 Å². The van der Waals surface area contributed by atoms with E-state index in [2.05, 4.69) is 5.32 Å². The zero-order valence-electron chi connectivity index (χ0n) is 14.7. The van der Waals surface area contributed by atoms with Gasteiger partial charge < -0.3 is 20.9 Å². The lowest BCUT2D eigenvalue weighted by atomic mass is 9.93. The molecule has 2 unspecified atom stereocenters. The van der Waals surface area contributed by atoms with E-state index in [1.807, 2.05) is 30.3 Å². The summed E-state index contributed by atoms with van der Waals surface area (Å²) in [5.74, 6) is 0.0665. The number of hydrogen-bond acceptors (Lipinski definition) is 4. The first-order valence-corrected chi connectivity index (χ1v) is 8.44. The Bertz CT molecular complexity index is 724. The number of halogens is 2. The fourth-order valence-electron chi connectivity index (χ4n) is 2.70. The largest absolute Gasteiger partial charge is 0.496 e. The molecule has 4 N–H and O–H groups in total. The molecule has 2 aromatic carbocycles. The van der Waals surface area contributed by atoms with Gasteiger partial charge >= 0.3 is 0 Å². The summed E-state index contributed by atoms with van der Waals surface area (Å²) in [6.07, 6.45) is 0.0758. The van der Waals surface area contributed by atoms with Gasteiger partial charge in [-0.25, -0.2) is 0 Å².